The van der Waals surface area contributed by atoms with E-state index < -0.39 is 23.0 Å². The Morgan fingerprint density at radius 1 is 1.09 bits per heavy atom. The Bertz CT molecular complexity index is 920. The summed E-state index contributed by atoms with van der Waals surface area (Å²) in [5, 5.41) is 15.9. The van der Waals surface area contributed by atoms with Gasteiger partial charge < -0.3 is 39.2 Å². The van der Waals surface area contributed by atoms with Crippen LogP contribution in [0.2, 0.25) is 0 Å². The number of aliphatic imine (C=N–C) groups is 1. The van der Waals surface area contributed by atoms with Gasteiger partial charge in [0.25, 0.3) is 5.69 Å². The molecule has 0 aromatic heterocycles. The van der Waals surface area contributed by atoms with E-state index in [1.807, 2.05) is 18.2 Å². The third kappa shape index (κ3) is 9.30. The molecular formula is C20H24ClN6O5-. The van der Waals surface area contributed by atoms with E-state index in [0.717, 1.165) is 5.56 Å². The van der Waals surface area contributed by atoms with Crippen LogP contribution in [0.3, 0.4) is 0 Å². The number of hydrogen-bond donors (Lipinski definition) is 4. The minimum Gasteiger partial charge on any atom is -1.00 e. The molecule has 0 saturated carbocycles. The van der Waals surface area contributed by atoms with Crippen molar-refractivity contribution >= 4 is 29.3 Å². The number of carbonyl (C=O) groups is 2. The molecule has 6 N–H and O–H groups in total. The summed E-state index contributed by atoms with van der Waals surface area (Å²) in [6, 6.07) is 13.5. The Labute approximate surface area is 190 Å². The van der Waals surface area contributed by atoms with Gasteiger partial charge in [-0.25, -0.2) is 4.79 Å². The maximum absolute atomic E-state index is 12.7. The SMILES string of the molecule is NC(N)=NCCCC(NC(=O)OCc1ccccc1)C(=O)Nc1ccc([N+](=O)[O-])cc1.[Cl-]. The average Bonchev–Trinajstić information content (AvgIpc) is 2.75. The van der Waals surface area contributed by atoms with Crippen LogP contribution in [-0.4, -0.2) is 35.5 Å². The first-order chi connectivity index (χ1) is 14.8. The third-order valence-electron chi connectivity index (χ3n) is 4.11. The van der Waals surface area contributed by atoms with Crippen molar-refractivity contribution in [2.45, 2.75) is 25.5 Å². The lowest BCUT2D eigenvalue weighted by Crippen LogP contribution is -3.00. The van der Waals surface area contributed by atoms with Crippen molar-refractivity contribution in [3.8, 4) is 0 Å². The highest BCUT2D eigenvalue weighted by molar-refractivity contribution is 5.96. The number of alkyl carbamates (subject to hydrolysis) is 1. The van der Waals surface area contributed by atoms with Gasteiger partial charge in [0.2, 0.25) is 5.91 Å². The Morgan fingerprint density at radius 3 is 2.34 bits per heavy atom. The normalized spacial score (nSPS) is 10.8. The maximum atomic E-state index is 12.7. The highest BCUT2D eigenvalue weighted by Crippen LogP contribution is 2.16. The van der Waals surface area contributed by atoms with E-state index >= 15 is 0 Å². The summed E-state index contributed by atoms with van der Waals surface area (Å²) in [6.07, 6.45) is -0.0832. The summed E-state index contributed by atoms with van der Waals surface area (Å²) in [5.74, 6) is -0.572. The molecule has 32 heavy (non-hydrogen) atoms. The van der Waals surface area contributed by atoms with E-state index in [9.17, 15) is 19.7 Å². The van der Waals surface area contributed by atoms with Crippen molar-refractivity contribution in [2.75, 3.05) is 11.9 Å². The molecule has 12 heteroatoms. The first-order valence-electron chi connectivity index (χ1n) is 9.43. The van der Waals surface area contributed by atoms with Gasteiger partial charge in [0.15, 0.2) is 5.96 Å². The lowest BCUT2D eigenvalue weighted by atomic mass is 10.1. The molecule has 0 radical (unpaired) electrons. The number of nitro benzene ring substituents is 1. The maximum Gasteiger partial charge on any atom is 0.408 e. The van der Waals surface area contributed by atoms with Gasteiger partial charge in [-0.2, -0.15) is 0 Å². The van der Waals surface area contributed by atoms with Gasteiger partial charge in [-0.15, -0.1) is 0 Å². The van der Waals surface area contributed by atoms with E-state index in [-0.39, 0.29) is 43.6 Å². The highest BCUT2D eigenvalue weighted by atomic mass is 35.5. The van der Waals surface area contributed by atoms with Crippen molar-refractivity contribution in [1.82, 2.24) is 5.32 Å². The Morgan fingerprint density at radius 2 is 1.75 bits per heavy atom. The average molecular weight is 464 g/mol. The van der Waals surface area contributed by atoms with Crippen molar-refractivity contribution in [2.24, 2.45) is 16.5 Å². The van der Waals surface area contributed by atoms with Crippen molar-refractivity contribution in [3.05, 3.63) is 70.3 Å². The number of nitrogens with two attached hydrogens (primary N) is 2. The first-order valence-corrected chi connectivity index (χ1v) is 9.43. The number of benzene rings is 2. The number of amides is 2. The number of halogens is 1. The molecule has 0 aliphatic rings. The molecule has 11 nitrogen and oxygen atoms in total. The largest absolute Gasteiger partial charge is 1.00 e. The molecular weight excluding hydrogens is 440 g/mol. The van der Waals surface area contributed by atoms with Crippen LogP contribution in [0.25, 0.3) is 0 Å². The minimum atomic E-state index is -0.923. The number of anilines is 1. The van der Waals surface area contributed by atoms with E-state index in [4.69, 9.17) is 16.2 Å². The van der Waals surface area contributed by atoms with E-state index in [2.05, 4.69) is 15.6 Å². The van der Waals surface area contributed by atoms with Crippen LogP contribution >= 0.6 is 0 Å². The molecule has 2 rings (SSSR count). The van der Waals surface area contributed by atoms with Gasteiger partial charge in [0.05, 0.1) is 4.92 Å². The molecule has 2 amide bonds. The fourth-order valence-electron chi connectivity index (χ4n) is 2.58. The Hall–Kier alpha value is -3.86. The summed E-state index contributed by atoms with van der Waals surface area (Å²) < 4.78 is 5.17. The van der Waals surface area contributed by atoms with Gasteiger partial charge in [-0.3, -0.25) is 19.9 Å². The lowest BCUT2D eigenvalue weighted by molar-refractivity contribution is -0.384. The number of ether oxygens (including phenoxy) is 1. The van der Waals surface area contributed by atoms with Crippen molar-refractivity contribution in [1.29, 1.82) is 0 Å². The summed E-state index contributed by atoms with van der Waals surface area (Å²) in [5.41, 5.74) is 11.6. The lowest BCUT2D eigenvalue weighted by Gasteiger charge is -2.18. The topological polar surface area (TPSA) is 175 Å². The van der Waals surface area contributed by atoms with E-state index in [1.54, 1.807) is 12.1 Å². The second-order valence-electron chi connectivity index (χ2n) is 6.50. The summed E-state index contributed by atoms with van der Waals surface area (Å²) in [4.78, 5) is 38.9. The third-order valence-corrected chi connectivity index (χ3v) is 4.11. The zero-order chi connectivity index (χ0) is 22.6. The van der Waals surface area contributed by atoms with Gasteiger partial charge in [-0.1, -0.05) is 30.3 Å². The van der Waals surface area contributed by atoms with Crippen LogP contribution in [0.5, 0.6) is 0 Å². The molecule has 2 aromatic carbocycles. The molecule has 0 aliphatic carbocycles. The molecule has 0 saturated heterocycles. The quantitative estimate of drug-likeness (QED) is 0.113. The number of nitro groups is 1. The fourth-order valence-corrected chi connectivity index (χ4v) is 2.58. The molecule has 172 valence electrons. The highest BCUT2D eigenvalue weighted by Gasteiger charge is 2.21. The molecule has 0 heterocycles. The van der Waals surface area contributed by atoms with Crippen LogP contribution in [0.4, 0.5) is 16.2 Å². The molecule has 0 bridgehead atoms. The minimum absolute atomic E-state index is 0. The number of guanidine groups is 1. The smallest absolute Gasteiger partial charge is 0.408 e. The first kappa shape index (κ1) is 26.2. The Kier molecular flexibility index (Phi) is 11.0. The van der Waals surface area contributed by atoms with Gasteiger partial charge in [0, 0.05) is 24.4 Å². The van der Waals surface area contributed by atoms with Gasteiger partial charge in [-0.05, 0) is 30.5 Å². The molecule has 0 spiro atoms. The van der Waals surface area contributed by atoms with Crippen molar-refractivity contribution in [3.63, 3.8) is 0 Å². The van der Waals surface area contributed by atoms with E-state index in [0.29, 0.717) is 12.1 Å². The summed E-state index contributed by atoms with van der Waals surface area (Å²) >= 11 is 0. The number of non-ortho nitro benzene ring substituents is 1. The summed E-state index contributed by atoms with van der Waals surface area (Å²) in [7, 11) is 0. The number of rotatable bonds is 10. The molecule has 0 aliphatic heterocycles. The fraction of sp³-hybridized carbons (Fsp3) is 0.250. The summed E-state index contributed by atoms with van der Waals surface area (Å²) in [6.45, 7) is 0.335. The van der Waals surface area contributed by atoms with Crippen LogP contribution in [0.15, 0.2) is 59.6 Å². The monoisotopic (exact) mass is 463 g/mol. The number of carbonyl (C=O) groups excluding carboxylic acids is 2. The zero-order valence-corrected chi connectivity index (χ0v) is 17.8. The van der Waals surface area contributed by atoms with Crippen LogP contribution in [0.1, 0.15) is 18.4 Å². The van der Waals surface area contributed by atoms with Crippen LogP contribution in [0, 0.1) is 10.1 Å². The second-order valence-corrected chi connectivity index (χ2v) is 6.50. The predicted octanol–water partition coefficient (Wildman–Crippen LogP) is -1.11. The standard InChI is InChI=1S/C20H24N6O5.ClH/c21-19(22)23-12-4-7-17(25-20(28)31-13-14-5-2-1-3-6-14)18(27)24-15-8-10-16(11-9-15)26(29)30;/h1-3,5-6,8-11,17H,4,7,12-13H2,(H,24,27)(H,25,28)(H4,21,22,23);1H/p-1. The van der Waals surface area contributed by atoms with Crippen LogP contribution < -0.4 is 34.5 Å². The van der Waals surface area contributed by atoms with Gasteiger partial charge in [0.1, 0.15) is 12.6 Å². The second kappa shape index (κ2) is 13.4. The zero-order valence-electron chi connectivity index (χ0n) is 17.1. The molecule has 2 aromatic rings. The molecule has 1 unspecified atom stereocenters. The molecule has 1 atom stereocenters. The van der Waals surface area contributed by atoms with E-state index in [1.165, 1.54) is 24.3 Å². The molecule has 0 fully saturated rings. The Balaban J connectivity index is 0.00000512. The predicted molar refractivity (Wildman–Crippen MR) is 115 cm³/mol. The van der Waals surface area contributed by atoms with Crippen molar-refractivity contribution < 1.29 is 31.7 Å². The van der Waals surface area contributed by atoms with Crippen LogP contribution in [-0.2, 0) is 16.1 Å². The number of nitrogens with one attached hydrogen (secondary N) is 2. The number of nitrogens with zero attached hydrogens (tertiary/aromatic N) is 2. The van der Waals surface area contributed by atoms with Gasteiger partial charge >= 0.3 is 6.09 Å². The number of hydrogen-bond acceptors (Lipinski definition) is 6.